The molecule has 0 N–H and O–H groups in total. The highest BCUT2D eigenvalue weighted by molar-refractivity contribution is 6.34. The third kappa shape index (κ3) is 4.32. The van der Waals surface area contributed by atoms with Crippen LogP contribution in [-0.4, -0.2) is 12.4 Å². The van der Waals surface area contributed by atoms with Crippen LogP contribution in [0, 0.1) is 0 Å². The van der Waals surface area contributed by atoms with Gasteiger partial charge in [0.2, 0.25) is 0 Å². The lowest BCUT2D eigenvalue weighted by atomic mass is 10.1. The SMILES string of the molecule is O=C(COCc1ccccc1)c1cc(C(F)(F)F)ccc1Cl. The van der Waals surface area contributed by atoms with Gasteiger partial charge in [0.1, 0.15) is 6.61 Å². The molecular formula is C16H12ClF3O2. The second-order valence-corrected chi connectivity index (χ2v) is 5.00. The minimum atomic E-state index is -4.52. The molecule has 2 nitrogen and oxygen atoms in total. The van der Waals surface area contributed by atoms with Crippen LogP contribution in [0.1, 0.15) is 21.5 Å². The second kappa shape index (κ2) is 6.94. The number of ether oxygens (including phenoxy) is 1. The van der Waals surface area contributed by atoms with Crippen molar-refractivity contribution in [3.8, 4) is 0 Å². The van der Waals surface area contributed by atoms with Crippen LogP contribution >= 0.6 is 11.6 Å². The van der Waals surface area contributed by atoms with E-state index < -0.39 is 17.5 Å². The van der Waals surface area contributed by atoms with Crippen LogP contribution in [0.5, 0.6) is 0 Å². The van der Waals surface area contributed by atoms with Gasteiger partial charge >= 0.3 is 6.18 Å². The average Bonchev–Trinajstić information content (AvgIpc) is 2.47. The summed E-state index contributed by atoms with van der Waals surface area (Å²) in [5.41, 5.74) is -0.238. The molecule has 0 unspecified atom stereocenters. The van der Waals surface area contributed by atoms with E-state index in [9.17, 15) is 18.0 Å². The van der Waals surface area contributed by atoms with Crippen LogP contribution in [0.2, 0.25) is 5.02 Å². The smallest absolute Gasteiger partial charge is 0.369 e. The van der Waals surface area contributed by atoms with Crippen LogP contribution in [0.3, 0.4) is 0 Å². The lowest BCUT2D eigenvalue weighted by Gasteiger charge is -2.10. The monoisotopic (exact) mass is 328 g/mol. The Kier molecular flexibility index (Phi) is 5.21. The van der Waals surface area contributed by atoms with Crippen LogP contribution in [-0.2, 0) is 17.5 Å². The topological polar surface area (TPSA) is 26.3 Å². The molecule has 2 rings (SSSR count). The number of benzene rings is 2. The van der Waals surface area contributed by atoms with Gasteiger partial charge in [0.15, 0.2) is 5.78 Å². The summed E-state index contributed by atoms with van der Waals surface area (Å²) in [7, 11) is 0. The number of carbonyl (C=O) groups excluding carboxylic acids is 1. The summed E-state index contributed by atoms with van der Waals surface area (Å²) in [6, 6.07) is 11.8. The molecular weight excluding hydrogens is 317 g/mol. The molecule has 0 bridgehead atoms. The third-order valence-electron chi connectivity index (χ3n) is 2.94. The maximum Gasteiger partial charge on any atom is 0.416 e. The normalized spacial score (nSPS) is 11.5. The summed E-state index contributed by atoms with van der Waals surface area (Å²) in [6.45, 7) is -0.140. The Balaban J connectivity index is 2.03. The van der Waals surface area contributed by atoms with Gasteiger partial charge in [0, 0.05) is 5.56 Å². The summed E-state index contributed by atoms with van der Waals surface area (Å²) in [6.07, 6.45) is -4.52. The fraction of sp³-hybridized carbons (Fsp3) is 0.188. The van der Waals surface area contributed by atoms with E-state index in [1.807, 2.05) is 30.3 Å². The number of alkyl halides is 3. The van der Waals surface area contributed by atoms with Gasteiger partial charge in [-0.2, -0.15) is 13.2 Å². The van der Waals surface area contributed by atoms with Crippen molar-refractivity contribution in [2.45, 2.75) is 12.8 Å². The Hall–Kier alpha value is -1.85. The van der Waals surface area contributed by atoms with Crippen molar-refractivity contribution in [1.82, 2.24) is 0 Å². The van der Waals surface area contributed by atoms with Crippen molar-refractivity contribution in [2.75, 3.05) is 6.61 Å². The molecule has 0 atom stereocenters. The molecule has 0 aromatic heterocycles. The zero-order valence-corrected chi connectivity index (χ0v) is 12.1. The molecule has 0 aliphatic carbocycles. The molecule has 0 aliphatic heterocycles. The van der Waals surface area contributed by atoms with Gasteiger partial charge in [-0.05, 0) is 23.8 Å². The quantitative estimate of drug-likeness (QED) is 0.740. The summed E-state index contributed by atoms with van der Waals surface area (Å²) >= 11 is 5.79. The number of hydrogen-bond donors (Lipinski definition) is 0. The Morgan fingerprint density at radius 2 is 1.77 bits per heavy atom. The number of Topliss-reactive ketones (excluding diaryl/α,β-unsaturated/α-hetero) is 1. The Labute approximate surface area is 130 Å². The van der Waals surface area contributed by atoms with E-state index in [2.05, 4.69) is 0 Å². The second-order valence-electron chi connectivity index (χ2n) is 4.59. The molecule has 0 heterocycles. The van der Waals surface area contributed by atoms with Gasteiger partial charge in [-0.15, -0.1) is 0 Å². The van der Waals surface area contributed by atoms with Crippen molar-refractivity contribution < 1.29 is 22.7 Å². The molecule has 0 spiro atoms. The Morgan fingerprint density at radius 1 is 1.09 bits per heavy atom. The van der Waals surface area contributed by atoms with Crippen LogP contribution in [0.25, 0.3) is 0 Å². The standard InChI is InChI=1S/C16H12ClF3O2/c17-14-7-6-12(16(18,19)20)8-13(14)15(21)10-22-9-11-4-2-1-3-5-11/h1-8H,9-10H2. The van der Waals surface area contributed by atoms with Crippen molar-refractivity contribution in [1.29, 1.82) is 0 Å². The number of rotatable bonds is 5. The van der Waals surface area contributed by atoms with Gasteiger partial charge in [-0.25, -0.2) is 0 Å². The van der Waals surface area contributed by atoms with Gasteiger partial charge in [0.25, 0.3) is 0 Å². The van der Waals surface area contributed by atoms with Crippen molar-refractivity contribution >= 4 is 17.4 Å². The van der Waals surface area contributed by atoms with E-state index in [4.69, 9.17) is 16.3 Å². The molecule has 0 aliphatic rings. The number of hydrogen-bond acceptors (Lipinski definition) is 2. The number of carbonyl (C=O) groups is 1. The van der Waals surface area contributed by atoms with E-state index in [0.717, 1.165) is 23.8 Å². The van der Waals surface area contributed by atoms with Gasteiger partial charge < -0.3 is 4.74 Å². The first kappa shape index (κ1) is 16.5. The van der Waals surface area contributed by atoms with E-state index in [1.165, 1.54) is 0 Å². The fourth-order valence-electron chi connectivity index (χ4n) is 1.83. The minimum Gasteiger partial charge on any atom is -0.369 e. The molecule has 0 amide bonds. The highest BCUT2D eigenvalue weighted by atomic mass is 35.5. The number of ketones is 1. The number of halogens is 4. The maximum atomic E-state index is 12.7. The first-order valence-electron chi connectivity index (χ1n) is 6.39. The van der Waals surface area contributed by atoms with Crippen LogP contribution in [0.4, 0.5) is 13.2 Å². The molecule has 22 heavy (non-hydrogen) atoms. The summed E-state index contributed by atoms with van der Waals surface area (Å²) in [5, 5.41) is -0.0266. The lowest BCUT2D eigenvalue weighted by Crippen LogP contribution is -2.12. The first-order chi connectivity index (χ1) is 10.4. The zero-order chi connectivity index (χ0) is 16.2. The first-order valence-corrected chi connectivity index (χ1v) is 6.77. The van der Waals surface area contributed by atoms with Crippen LogP contribution < -0.4 is 0 Å². The van der Waals surface area contributed by atoms with Crippen molar-refractivity contribution in [3.05, 3.63) is 70.2 Å². The minimum absolute atomic E-state index is 0.0266. The van der Waals surface area contributed by atoms with E-state index in [1.54, 1.807) is 0 Å². The predicted molar refractivity (Wildman–Crippen MR) is 76.9 cm³/mol. The van der Waals surface area contributed by atoms with E-state index in [0.29, 0.717) is 0 Å². The molecule has 2 aromatic rings. The summed E-state index contributed by atoms with van der Waals surface area (Å²) in [4.78, 5) is 12.0. The molecule has 6 heteroatoms. The van der Waals surface area contributed by atoms with Gasteiger partial charge in [-0.3, -0.25) is 4.79 Å². The summed E-state index contributed by atoms with van der Waals surface area (Å²) < 4.78 is 43.2. The summed E-state index contributed by atoms with van der Waals surface area (Å²) in [5.74, 6) is -0.591. The van der Waals surface area contributed by atoms with E-state index in [-0.39, 0.29) is 23.8 Å². The predicted octanol–water partition coefficient (Wildman–Crippen LogP) is 4.76. The molecule has 0 radical (unpaired) electrons. The van der Waals surface area contributed by atoms with E-state index >= 15 is 0 Å². The van der Waals surface area contributed by atoms with Gasteiger partial charge in [-0.1, -0.05) is 41.9 Å². The fourth-order valence-corrected chi connectivity index (χ4v) is 2.05. The molecule has 2 aromatic carbocycles. The maximum absolute atomic E-state index is 12.7. The highest BCUT2D eigenvalue weighted by Gasteiger charge is 2.31. The molecule has 0 saturated heterocycles. The average molecular weight is 329 g/mol. The molecule has 0 saturated carbocycles. The van der Waals surface area contributed by atoms with Gasteiger partial charge in [0.05, 0.1) is 17.2 Å². The van der Waals surface area contributed by atoms with Crippen molar-refractivity contribution in [2.24, 2.45) is 0 Å². The third-order valence-corrected chi connectivity index (χ3v) is 3.27. The highest BCUT2D eigenvalue weighted by Crippen LogP contribution is 2.31. The Morgan fingerprint density at radius 3 is 2.41 bits per heavy atom. The molecule has 116 valence electrons. The lowest BCUT2D eigenvalue weighted by molar-refractivity contribution is -0.137. The molecule has 0 fully saturated rings. The largest absolute Gasteiger partial charge is 0.416 e. The van der Waals surface area contributed by atoms with Crippen LogP contribution in [0.15, 0.2) is 48.5 Å². The zero-order valence-electron chi connectivity index (χ0n) is 11.4. The Bertz CT molecular complexity index is 654. The van der Waals surface area contributed by atoms with Crippen molar-refractivity contribution in [3.63, 3.8) is 0 Å².